The van der Waals surface area contributed by atoms with Crippen LogP contribution in [0.5, 0.6) is 17.2 Å². The van der Waals surface area contributed by atoms with E-state index in [1.54, 1.807) is 68.6 Å². The van der Waals surface area contributed by atoms with E-state index >= 15 is 0 Å². The lowest BCUT2D eigenvalue weighted by Crippen LogP contribution is -2.20. The van der Waals surface area contributed by atoms with Gasteiger partial charge in [0.05, 0.1) is 29.4 Å². The van der Waals surface area contributed by atoms with Crippen LogP contribution in [0, 0.1) is 11.3 Å². The average molecular weight is 540 g/mol. The molecule has 0 saturated carbocycles. The Kier molecular flexibility index (Phi) is 9.78. The van der Waals surface area contributed by atoms with Gasteiger partial charge in [-0.1, -0.05) is 35.3 Å². The second-order valence-corrected chi connectivity index (χ2v) is 8.25. The minimum atomic E-state index is -0.639. The van der Waals surface area contributed by atoms with Crippen LogP contribution in [0.1, 0.15) is 12.5 Å². The van der Waals surface area contributed by atoms with Gasteiger partial charge in [0.25, 0.3) is 11.8 Å². The van der Waals surface area contributed by atoms with Gasteiger partial charge in [0.1, 0.15) is 17.4 Å². The summed E-state index contributed by atoms with van der Waals surface area (Å²) in [5.74, 6) is 0.0279. The molecule has 0 heterocycles. The average Bonchev–Trinajstić information content (AvgIpc) is 2.88. The van der Waals surface area contributed by atoms with E-state index in [0.717, 1.165) is 0 Å². The van der Waals surface area contributed by atoms with Gasteiger partial charge in [0.15, 0.2) is 18.1 Å². The normalized spacial score (nSPS) is 10.7. The third kappa shape index (κ3) is 7.64. The van der Waals surface area contributed by atoms with E-state index in [1.807, 2.05) is 6.07 Å². The van der Waals surface area contributed by atoms with Crippen molar-refractivity contribution < 1.29 is 23.8 Å². The molecule has 2 N–H and O–H groups in total. The van der Waals surface area contributed by atoms with Crippen molar-refractivity contribution in [2.45, 2.75) is 6.92 Å². The quantitative estimate of drug-likeness (QED) is 0.243. The van der Waals surface area contributed by atoms with Crippen LogP contribution < -0.4 is 24.8 Å². The minimum absolute atomic E-state index is 0.137. The number of carbonyl (C=O) groups is 2. The number of nitrogens with one attached hydrogen (secondary N) is 2. The maximum absolute atomic E-state index is 12.6. The Bertz CT molecular complexity index is 1350. The summed E-state index contributed by atoms with van der Waals surface area (Å²) in [7, 11) is 1.55. The number of halogens is 2. The van der Waals surface area contributed by atoms with E-state index < -0.39 is 11.8 Å². The zero-order valence-electron chi connectivity index (χ0n) is 20.0. The Morgan fingerprint density at radius 3 is 2.38 bits per heavy atom. The summed E-state index contributed by atoms with van der Waals surface area (Å²) >= 11 is 12.5. The molecule has 0 spiro atoms. The van der Waals surface area contributed by atoms with Gasteiger partial charge in [0, 0.05) is 5.69 Å². The van der Waals surface area contributed by atoms with Crippen LogP contribution in [0.3, 0.4) is 0 Å². The largest absolute Gasteiger partial charge is 0.497 e. The number of amides is 2. The smallest absolute Gasteiger partial charge is 0.266 e. The first-order valence-electron chi connectivity index (χ1n) is 11.0. The molecule has 0 fully saturated rings. The third-order valence-corrected chi connectivity index (χ3v) is 5.46. The standard InChI is InChI=1S/C27H23Cl2N3O5/c1-3-36-24-14-17(12-18(15-30)27(34)32-23-7-5-4-6-21(23)28)13-22(29)26(24)37-16-25(33)31-19-8-10-20(35-2)11-9-19/h4-14H,3,16H2,1-2H3,(H,31,33)(H,32,34)/b18-12+. The molecule has 0 saturated heterocycles. The van der Waals surface area contributed by atoms with Crippen LogP contribution in [0.25, 0.3) is 6.08 Å². The van der Waals surface area contributed by atoms with Crippen molar-refractivity contribution in [3.63, 3.8) is 0 Å². The number of nitrogens with zero attached hydrogens (tertiary/aromatic N) is 1. The number of benzene rings is 3. The van der Waals surface area contributed by atoms with E-state index in [-0.39, 0.29) is 35.3 Å². The Morgan fingerprint density at radius 1 is 1.00 bits per heavy atom. The summed E-state index contributed by atoms with van der Waals surface area (Å²) in [6.07, 6.45) is 1.36. The van der Waals surface area contributed by atoms with Crippen molar-refractivity contribution in [1.82, 2.24) is 0 Å². The predicted molar refractivity (Wildman–Crippen MR) is 143 cm³/mol. The topological polar surface area (TPSA) is 110 Å². The summed E-state index contributed by atoms with van der Waals surface area (Å²) in [5.41, 5.74) is 1.20. The Balaban J connectivity index is 1.75. The van der Waals surface area contributed by atoms with E-state index in [1.165, 1.54) is 12.1 Å². The fourth-order valence-corrected chi connectivity index (χ4v) is 3.61. The van der Waals surface area contributed by atoms with Gasteiger partial charge in [0.2, 0.25) is 0 Å². The van der Waals surface area contributed by atoms with E-state index in [0.29, 0.717) is 27.7 Å². The highest BCUT2D eigenvalue weighted by molar-refractivity contribution is 6.34. The van der Waals surface area contributed by atoms with Crippen LogP contribution in [0.15, 0.2) is 66.2 Å². The molecule has 3 aromatic carbocycles. The molecular formula is C27H23Cl2N3O5. The molecule has 3 rings (SSSR count). The van der Waals surface area contributed by atoms with Gasteiger partial charge in [-0.25, -0.2) is 0 Å². The summed E-state index contributed by atoms with van der Waals surface area (Å²) in [6, 6.07) is 18.5. The summed E-state index contributed by atoms with van der Waals surface area (Å²) in [4.78, 5) is 25.0. The maximum atomic E-state index is 12.6. The summed E-state index contributed by atoms with van der Waals surface area (Å²) in [5, 5.41) is 15.3. The molecule has 0 radical (unpaired) electrons. The van der Waals surface area contributed by atoms with Crippen molar-refractivity contribution in [3.05, 3.63) is 81.8 Å². The molecule has 8 nitrogen and oxygen atoms in total. The Morgan fingerprint density at radius 2 is 1.73 bits per heavy atom. The van der Waals surface area contributed by atoms with Gasteiger partial charge in [-0.05, 0) is 67.1 Å². The summed E-state index contributed by atoms with van der Waals surface area (Å²) in [6.45, 7) is 1.73. The molecule has 0 aliphatic carbocycles. The predicted octanol–water partition coefficient (Wildman–Crippen LogP) is 5.96. The summed E-state index contributed by atoms with van der Waals surface area (Å²) < 4.78 is 16.4. The number of hydrogen-bond acceptors (Lipinski definition) is 6. The zero-order chi connectivity index (χ0) is 26.8. The van der Waals surface area contributed by atoms with E-state index in [2.05, 4.69) is 10.6 Å². The first-order valence-corrected chi connectivity index (χ1v) is 11.8. The van der Waals surface area contributed by atoms with Crippen LogP contribution in [-0.4, -0.2) is 32.1 Å². The number of methoxy groups -OCH3 is 1. The monoisotopic (exact) mass is 539 g/mol. The molecule has 0 unspecified atom stereocenters. The van der Waals surface area contributed by atoms with Crippen LogP contribution in [0.2, 0.25) is 10.0 Å². The van der Waals surface area contributed by atoms with Gasteiger partial charge in [-0.3, -0.25) is 9.59 Å². The number of rotatable bonds is 10. The van der Waals surface area contributed by atoms with Gasteiger partial charge < -0.3 is 24.8 Å². The highest BCUT2D eigenvalue weighted by Crippen LogP contribution is 2.37. The molecule has 0 bridgehead atoms. The highest BCUT2D eigenvalue weighted by atomic mass is 35.5. The van der Waals surface area contributed by atoms with E-state index in [4.69, 9.17) is 37.4 Å². The zero-order valence-corrected chi connectivity index (χ0v) is 21.5. The molecule has 2 amide bonds. The number of hydrogen-bond donors (Lipinski definition) is 2. The molecule has 3 aromatic rings. The number of anilines is 2. The maximum Gasteiger partial charge on any atom is 0.266 e. The van der Waals surface area contributed by atoms with Crippen LogP contribution in [-0.2, 0) is 9.59 Å². The number of para-hydroxylation sites is 1. The number of carbonyl (C=O) groups excluding carboxylic acids is 2. The van der Waals surface area contributed by atoms with Crippen LogP contribution >= 0.6 is 23.2 Å². The Hall–Kier alpha value is -4.19. The molecule has 37 heavy (non-hydrogen) atoms. The first-order chi connectivity index (χ1) is 17.8. The van der Waals surface area contributed by atoms with Crippen molar-refractivity contribution >= 4 is 52.5 Å². The van der Waals surface area contributed by atoms with Gasteiger partial charge in [-0.2, -0.15) is 5.26 Å². The lowest BCUT2D eigenvalue weighted by Gasteiger charge is -2.15. The number of nitriles is 1. The van der Waals surface area contributed by atoms with Crippen molar-refractivity contribution in [1.29, 1.82) is 5.26 Å². The highest BCUT2D eigenvalue weighted by Gasteiger charge is 2.16. The first kappa shape index (κ1) is 27.4. The minimum Gasteiger partial charge on any atom is -0.497 e. The van der Waals surface area contributed by atoms with Crippen molar-refractivity contribution in [3.8, 4) is 23.3 Å². The lowest BCUT2D eigenvalue weighted by molar-refractivity contribution is -0.118. The number of ether oxygens (including phenoxy) is 3. The molecule has 0 aliphatic rings. The molecular weight excluding hydrogens is 517 g/mol. The molecule has 10 heteroatoms. The second kappa shape index (κ2) is 13.2. The molecule has 0 aliphatic heterocycles. The van der Waals surface area contributed by atoms with Crippen molar-refractivity contribution in [2.24, 2.45) is 0 Å². The molecule has 0 atom stereocenters. The van der Waals surface area contributed by atoms with E-state index in [9.17, 15) is 14.9 Å². The SMILES string of the molecule is CCOc1cc(/C=C(\C#N)C(=O)Nc2ccccc2Cl)cc(Cl)c1OCC(=O)Nc1ccc(OC)cc1. The lowest BCUT2D eigenvalue weighted by atomic mass is 10.1. The van der Waals surface area contributed by atoms with Crippen molar-refractivity contribution in [2.75, 3.05) is 31.0 Å². The molecule has 190 valence electrons. The fraction of sp³-hybridized carbons (Fsp3) is 0.148. The fourth-order valence-electron chi connectivity index (χ4n) is 3.15. The van der Waals surface area contributed by atoms with Gasteiger partial charge in [-0.15, -0.1) is 0 Å². The van der Waals surface area contributed by atoms with Crippen LogP contribution in [0.4, 0.5) is 11.4 Å². The van der Waals surface area contributed by atoms with Gasteiger partial charge >= 0.3 is 0 Å². The molecule has 0 aromatic heterocycles. The third-order valence-electron chi connectivity index (χ3n) is 4.85. The second-order valence-electron chi connectivity index (χ2n) is 7.43. The Labute approximate surface area is 224 Å².